The second-order valence-corrected chi connectivity index (χ2v) is 1.31. The minimum absolute atomic E-state index is 1.62. The van der Waals surface area contributed by atoms with Crippen LogP contribution in [0.4, 0.5) is 7.77 Å². The molecule has 0 spiro atoms. The van der Waals surface area contributed by atoms with Crippen molar-refractivity contribution < 1.29 is 12.0 Å². The number of halogens is 2. The van der Waals surface area contributed by atoms with Crippen molar-refractivity contribution in [3.8, 4) is 0 Å². The van der Waals surface area contributed by atoms with Crippen LogP contribution < -0.4 is 0 Å². The third kappa shape index (κ3) is 11.0. The molecule has 0 saturated heterocycles. The molecule has 0 unspecified atom stereocenters. The second kappa shape index (κ2) is 5.36. The molecule has 0 bridgehead atoms. The molecule has 0 aliphatic carbocycles. The molecule has 3 nitrogen and oxygen atoms in total. The van der Waals surface area contributed by atoms with Crippen LogP contribution in [0, 0.1) is 0 Å². The van der Waals surface area contributed by atoms with E-state index < -0.39 is 11.6 Å². The molecule has 0 atom stereocenters. The summed E-state index contributed by atoms with van der Waals surface area (Å²) >= 11 is -3.61. The topological polar surface area (TPSA) is 45.8 Å². The van der Waals surface area contributed by atoms with Crippen LogP contribution in [0.2, 0.25) is 0 Å². The highest BCUT2D eigenvalue weighted by Gasteiger charge is 1.74. The van der Waals surface area contributed by atoms with Gasteiger partial charge < -0.3 is 4.98 Å². The highest BCUT2D eigenvalue weighted by Crippen LogP contribution is 1.75. The zero-order valence-corrected chi connectivity index (χ0v) is 5.07. The molecule has 0 amide bonds. The summed E-state index contributed by atoms with van der Waals surface area (Å²) in [5.41, 5.74) is 0. The summed E-state index contributed by atoms with van der Waals surface area (Å²) < 4.78 is 27.8. The van der Waals surface area contributed by atoms with E-state index in [0.717, 1.165) is 0 Å². The molecule has 9 heavy (non-hydrogen) atoms. The van der Waals surface area contributed by atoms with Crippen LogP contribution in [0.25, 0.3) is 0 Å². The van der Waals surface area contributed by atoms with Gasteiger partial charge in [0.05, 0.1) is 6.33 Å². The Hall–Kier alpha value is -0.780. The van der Waals surface area contributed by atoms with Gasteiger partial charge in [-0.15, -0.1) is 0 Å². The standard InChI is InChI=1S/C3H4N2.F2OS/c1-2-5-3-4-1;1-4(2)3/h1-3H,(H,4,5);. The lowest BCUT2D eigenvalue weighted by atomic mass is 11.0. The third-order valence-electron chi connectivity index (χ3n) is 0.406. The van der Waals surface area contributed by atoms with Crippen LogP contribution in [0.3, 0.4) is 0 Å². The third-order valence-corrected chi connectivity index (χ3v) is 0.406. The molecule has 0 fully saturated rings. The van der Waals surface area contributed by atoms with Crippen LogP contribution in [0.5, 0.6) is 0 Å². The van der Waals surface area contributed by atoms with Crippen molar-refractivity contribution in [1.82, 2.24) is 9.97 Å². The Balaban J connectivity index is 0.000000148. The molecule has 1 N–H and O–H groups in total. The number of imidazole rings is 1. The molecule has 0 aliphatic rings. The smallest absolute Gasteiger partial charge is 0.351 e. The van der Waals surface area contributed by atoms with Crippen molar-refractivity contribution in [2.24, 2.45) is 0 Å². The van der Waals surface area contributed by atoms with Crippen molar-refractivity contribution in [3.63, 3.8) is 0 Å². The van der Waals surface area contributed by atoms with Gasteiger partial charge in [-0.1, -0.05) is 7.77 Å². The fourth-order valence-corrected chi connectivity index (χ4v) is 0.215. The first kappa shape index (κ1) is 8.22. The first-order chi connectivity index (χ1) is 4.23. The first-order valence-corrected chi connectivity index (χ1v) is 2.85. The van der Waals surface area contributed by atoms with Crippen LogP contribution >= 0.6 is 0 Å². The number of nitrogens with zero attached hydrogens (tertiary/aromatic N) is 1. The van der Waals surface area contributed by atoms with Gasteiger partial charge in [-0.2, -0.15) is 4.21 Å². The van der Waals surface area contributed by atoms with Gasteiger partial charge >= 0.3 is 11.6 Å². The van der Waals surface area contributed by atoms with Gasteiger partial charge in [-0.05, 0) is 0 Å². The molecule has 52 valence electrons. The van der Waals surface area contributed by atoms with E-state index in [4.69, 9.17) is 4.21 Å². The van der Waals surface area contributed by atoms with E-state index >= 15 is 0 Å². The lowest BCUT2D eigenvalue weighted by Crippen LogP contribution is -1.48. The van der Waals surface area contributed by atoms with E-state index in [2.05, 4.69) is 9.97 Å². The Bertz CT molecular complexity index is 134. The van der Waals surface area contributed by atoms with Crippen LogP contribution in [0.1, 0.15) is 0 Å². The highest BCUT2D eigenvalue weighted by atomic mass is 32.2. The molecular weight excluding hydrogens is 150 g/mol. The maximum Gasteiger partial charge on any atom is 0.385 e. The van der Waals surface area contributed by atoms with E-state index in [1.807, 2.05) is 0 Å². The summed E-state index contributed by atoms with van der Waals surface area (Å²) in [6, 6.07) is 0. The minimum Gasteiger partial charge on any atom is -0.351 e. The van der Waals surface area contributed by atoms with Gasteiger partial charge in [0.1, 0.15) is 0 Å². The number of rotatable bonds is 0. The van der Waals surface area contributed by atoms with Gasteiger partial charge in [-0.3, -0.25) is 0 Å². The summed E-state index contributed by atoms with van der Waals surface area (Å²) in [7, 11) is 0. The van der Waals surface area contributed by atoms with E-state index in [9.17, 15) is 7.77 Å². The zero-order valence-electron chi connectivity index (χ0n) is 4.25. The molecule has 1 aromatic rings. The monoisotopic (exact) mass is 154 g/mol. The number of aromatic nitrogens is 2. The molecule has 0 radical (unpaired) electrons. The maximum absolute atomic E-state index is 9.81. The first-order valence-electron chi connectivity index (χ1n) is 1.90. The SMILES string of the molecule is O=S(F)F.c1c[nH]cn1. The van der Waals surface area contributed by atoms with Crippen molar-refractivity contribution in [2.45, 2.75) is 0 Å². The second-order valence-electron chi connectivity index (χ2n) is 0.945. The molecular formula is C3H4F2N2OS. The molecule has 0 aromatic carbocycles. The fraction of sp³-hybridized carbons (Fsp3) is 0. The minimum atomic E-state index is -3.61. The molecule has 1 heterocycles. The predicted octanol–water partition coefficient (Wildman–Crippen LogP) is 0.914. The van der Waals surface area contributed by atoms with E-state index in [0.29, 0.717) is 0 Å². The average Bonchev–Trinajstić information content (AvgIpc) is 2.11. The Morgan fingerprint density at radius 1 is 1.56 bits per heavy atom. The number of hydrogen-bond acceptors (Lipinski definition) is 2. The van der Waals surface area contributed by atoms with Gasteiger partial charge in [-0.25, -0.2) is 4.98 Å². The normalized spacial score (nSPS) is 8.33. The predicted molar refractivity (Wildman–Crippen MR) is 28.9 cm³/mol. The Morgan fingerprint density at radius 2 is 2.11 bits per heavy atom. The number of hydrogen-bond donors (Lipinski definition) is 1. The van der Waals surface area contributed by atoms with E-state index in [1.54, 1.807) is 18.7 Å². The van der Waals surface area contributed by atoms with Gasteiger partial charge in [0.2, 0.25) is 0 Å². The van der Waals surface area contributed by atoms with Crippen molar-refractivity contribution in [3.05, 3.63) is 18.7 Å². The summed E-state index contributed by atoms with van der Waals surface area (Å²) in [6.45, 7) is 0. The Labute approximate surface area is 53.2 Å². The van der Waals surface area contributed by atoms with Crippen molar-refractivity contribution in [1.29, 1.82) is 0 Å². The van der Waals surface area contributed by atoms with E-state index in [1.165, 1.54) is 0 Å². The van der Waals surface area contributed by atoms with Gasteiger partial charge in [0, 0.05) is 12.4 Å². The summed E-state index contributed by atoms with van der Waals surface area (Å²) in [6.07, 6.45) is 5.08. The Morgan fingerprint density at radius 3 is 2.22 bits per heavy atom. The summed E-state index contributed by atoms with van der Waals surface area (Å²) in [4.78, 5) is 6.42. The van der Waals surface area contributed by atoms with Crippen molar-refractivity contribution in [2.75, 3.05) is 0 Å². The quantitative estimate of drug-likeness (QED) is 0.564. The lowest BCUT2D eigenvalue weighted by Gasteiger charge is -1.47. The number of H-pyrrole nitrogens is 1. The van der Waals surface area contributed by atoms with Gasteiger partial charge in [0.25, 0.3) is 0 Å². The molecule has 1 aromatic heterocycles. The highest BCUT2D eigenvalue weighted by molar-refractivity contribution is 7.74. The van der Waals surface area contributed by atoms with Gasteiger partial charge in [0.15, 0.2) is 0 Å². The van der Waals surface area contributed by atoms with Crippen LogP contribution in [-0.2, 0) is 11.6 Å². The molecule has 0 saturated carbocycles. The molecule has 1 rings (SSSR count). The average molecular weight is 154 g/mol. The summed E-state index contributed by atoms with van der Waals surface area (Å²) in [5, 5.41) is 0. The number of aromatic amines is 1. The molecule has 0 aliphatic heterocycles. The van der Waals surface area contributed by atoms with E-state index in [-0.39, 0.29) is 0 Å². The Kier molecular flexibility index (Phi) is 4.89. The summed E-state index contributed by atoms with van der Waals surface area (Å²) in [5.74, 6) is 0. The largest absolute Gasteiger partial charge is 0.385 e. The zero-order chi connectivity index (χ0) is 7.11. The lowest BCUT2D eigenvalue weighted by molar-refractivity contribution is 0.602. The van der Waals surface area contributed by atoms with Crippen molar-refractivity contribution >= 4 is 11.6 Å². The number of nitrogens with one attached hydrogen (secondary N) is 1. The molecule has 6 heteroatoms. The maximum atomic E-state index is 9.81. The van der Waals surface area contributed by atoms with Crippen LogP contribution in [-0.4, -0.2) is 14.2 Å². The fourth-order valence-electron chi connectivity index (χ4n) is 0.215. The van der Waals surface area contributed by atoms with Crippen LogP contribution in [0.15, 0.2) is 18.7 Å².